The Morgan fingerprint density at radius 1 is 1.05 bits per heavy atom. The van der Waals surface area contributed by atoms with Crippen molar-refractivity contribution in [3.63, 3.8) is 0 Å². The van der Waals surface area contributed by atoms with Crippen molar-refractivity contribution in [3.05, 3.63) is 65.5 Å². The fourth-order valence-electron chi connectivity index (χ4n) is 2.03. The van der Waals surface area contributed by atoms with Crippen LogP contribution in [0.5, 0.6) is 5.75 Å². The average molecular weight is 324 g/mol. The number of rotatable bonds is 8. The minimum absolute atomic E-state index is 0. The normalized spacial score (nSPS) is 10.1. The molecule has 0 spiro atoms. The molecule has 2 rings (SSSR count). The van der Waals surface area contributed by atoms with Crippen molar-refractivity contribution in [1.82, 2.24) is 5.32 Å². The zero-order valence-corrected chi connectivity index (χ0v) is 13.7. The molecule has 0 aliphatic heterocycles. The highest BCUT2D eigenvalue weighted by atomic mass is 35.5. The standard InChI is InChI=1S/C18H22FNO.ClH/c1-2-3-11-20-13-16-5-4-6-18(12-16)21-14-15-7-9-17(19)10-8-15;/h4-10,12,20H,2-3,11,13-14H2,1H3;1H. The summed E-state index contributed by atoms with van der Waals surface area (Å²) in [5.74, 6) is 0.619. The van der Waals surface area contributed by atoms with Crippen LogP contribution in [-0.2, 0) is 13.2 Å². The zero-order chi connectivity index (χ0) is 14.9. The van der Waals surface area contributed by atoms with Gasteiger partial charge in [-0.25, -0.2) is 4.39 Å². The molecule has 0 fully saturated rings. The van der Waals surface area contributed by atoms with Gasteiger partial charge in [0.05, 0.1) is 0 Å². The molecule has 2 aromatic rings. The SMILES string of the molecule is CCCCNCc1cccc(OCc2ccc(F)cc2)c1.Cl. The van der Waals surface area contributed by atoms with Gasteiger partial charge < -0.3 is 10.1 Å². The van der Waals surface area contributed by atoms with Crippen molar-refractivity contribution >= 4 is 12.4 Å². The van der Waals surface area contributed by atoms with Gasteiger partial charge in [0.15, 0.2) is 0 Å². The Kier molecular flexibility index (Phi) is 8.56. The van der Waals surface area contributed by atoms with Gasteiger partial charge in [-0.3, -0.25) is 0 Å². The van der Waals surface area contributed by atoms with Crippen molar-refractivity contribution in [2.24, 2.45) is 0 Å². The molecule has 0 unspecified atom stereocenters. The smallest absolute Gasteiger partial charge is 0.123 e. The molecule has 2 aromatic carbocycles. The van der Waals surface area contributed by atoms with Gasteiger partial charge in [0.25, 0.3) is 0 Å². The van der Waals surface area contributed by atoms with E-state index in [1.54, 1.807) is 12.1 Å². The Morgan fingerprint density at radius 3 is 2.55 bits per heavy atom. The van der Waals surface area contributed by atoms with Gasteiger partial charge in [-0.05, 0) is 48.4 Å². The summed E-state index contributed by atoms with van der Waals surface area (Å²) in [5, 5.41) is 3.41. The fraction of sp³-hybridized carbons (Fsp3) is 0.333. The van der Waals surface area contributed by atoms with Crippen LogP contribution < -0.4 is 10.1 Å². The van der Waals surface area contributed by atoms with Crippen LogP contribution in [0.4, 0.5) is 4.39 Å². The number of benzene rings is 2. The molecule has 4 heteroatoms. The molecule has 0 aromatic heterocycles. The van der Waals surface area contributed by atoms with Crippen LogP contribution in [0.25, 0.3) is 0 Å². The van der Waals surface area contributed by atoms with E-state index in [1.165, 1.54) is 30.5 Å². The minimum atomic E-state index is -0.223. The summed E-state index contributed by atoms with van der Waals surface area (Å²) in [6, 6.07) is 14.5. The number of halogens is 2. The monoisotopic (exact) mass is 323 g/mol. The van der Waals surface area contributed by atoms with Crippen molar-refractivity contribution in [3.8, 4) is 5.75 Å². The minimum Gasteiger partial charge on any atom is -0.489 e. The second kappa shape index (κ2) is 10.2. The molecule has 0 atom stereocenters. The van der Waals surface area contributed by atoms with E-state index < -0.39 is 0 Å². The Morgan fingerprint density at radius 2 is 1.82 bits per heavy atom. The molecular weight excluding hydrogens is 301 g/mol. The first kappa shape index (κ1) is 18.5. The summed E-state index contributed by atoms with van der Waals surface area (Å²) in [6.07, 6.45) is 2.40. The van der Waals surface area contributed by atoms with Gasteiger partial charge in [-0.2, -0.15) is 0 Å². The van der Waals surface area contributed by atoms with Gasteiger partial charge >= 0.3 is 0 Å². The van der Waals surface area contributed by atoms with Crippen LogP contribution in [0.2, 0.25) is 0 Å². The van der Waals surface area contributed by atoms with Crippen LogP contribution in [0.15, 0.2) is 48.5 Å². The molecule has 1 N–H and O–H groups in total. The molecule has 120 valence electrons. The largest absolute Gasteiger partial charge is 0.489 e. The summed E-state index contributed by atoms with van der Waals surface area (Å²) in [5.41, 5.74) is 2.17. The molecule has 0 amide bonds. The third kappa shape index (κ3) is 6.46. The Balaban J connectivity index is 0.00000242. The van der Waals surface area contributed by atoms with E-state index in [0.29, 0.717) is 6.61 Å². The summed E-state index contributed by atoms with van der Waals surface area (Å²) >= 11 is 0. The van der Waals surface area contributed by atoms with Gasteiger partial charge in [0, 0.05) is 6.54 Å². The number of nitrogens with one attached hydrogen (secondary N) is 1. The van der Waals surface area contributed by atoms with Crippen LogP contribution >= 0.6 is 12.4 Å². The highest BCUT2D eigenvalue weighted by Gasteiger charge is 1.99. The van der Waals surface area contributed by atoms with Crippen LogP contribution in [-0.4, -0.2) is 6.54 Å². The lowest BCUT2D eigenvalue weighted by molar-refractivity contribution is 0.305. The van der Waals surface area contributed by atoms with Crippen LogP contribution in [0, 0.1) is 5.82 Å². The summed E-state index contributed by atoms with van der Waals surface area (Å²) in [6.45, 7) is 4.53. The lowest BCUT2D eigenvalue weighted by atomic mass is 10.2. The van der Waals surface area contributed by atoms with Crippen molar-refractivity contribution in [2.75, 3.05) is 6.54 Å². The fourth-order valence-corrected chi connectivity index (χ4v) is 2.03. The van der Waals surface area contributed by atoms with Crippen molar-refractivity contribution in [2.45, 2.75) is 32.9 Å². The average Bonchev–Trinajstić information content (AvgIpc) is 2.52. The van der Waals surface area contributed by atoms with E-state index in [9.17, 15) is 4.39 Å². The van der Waals surface area contributed by atoms with E-state index in [-0.39, 0.29) is 18.2 Å². The molecular formula is C18H23ClFNO. The second-order valence-corrected chi connectivity index (χ2v) is 5.09. The molecule has 0 bridgehead atoms. The third-order valence-electron chi connectivity index (χ3n) is 3.25. The van der Waals surface area contributed by atoms with E-state index in [4.69, 9.17) is 4.74 Å². The van der Waals surface area contributed by atoms with Gasteiger partial charge in [-0.1, -0.05) is 37.6 Å². The number of hydrogen-bond acceptors (Lipinski definition) is 2. The number of ether oxygens (including phenoxy) is 1. The first-order chi connectivity index (χ1) is 10.3. The number of hydrogen-bond donors (Lipinski definition) is 1. The molecule has 0 saturated heterocycles. The van der Waals surface area contributed by atoms with E-state index in [2.05, 4.69) is 18.3 Å². The first-order valence-corrected chi connectivity index (χ1v) is 7.45. The summed E-state index contributed by atoms with van der Waals surface area (Å²) in [7, 11) is 0. The van der Waals surface area contributed by atoms with E-state index in [0.717, 1.165) is 24.4 Å². The molecule has 0 radical (unpaired) electrons. The van der Waals surface area contributed by atoms with Gasteiger partial charge in [0.1, 0.15) is 18.2 Å². The predicted molar refractivity (Wildman–Crippen MR) is 91.0 cm³/mol. The zero-order valence-electron chi connectivity index (χ0n) is 12.8. The van der Waals surface area contributed by atoms with Crippen molar-refractivity contribution < 1.29 is 9.13 Å². The molecule has 0 aliphatic carbocycles. The molecule has 0 aliphatic rings. The van der Waals surface area contributed by atoms with Crippen molar-refractivity contribution in [1.29, 1.82) is 0 Å². The maximum Gasteiger partial charge on any atom is 0.123 e. The molecule has 0 saturated carbocycles. The summed E-state index contributed by atoms with van der Waals surface area (Å²) < 4.78 is 18.6. The molecule has 2 nitrogen and oxygen atoms in total. The lowest BCUT2D eigenvalue weighted by Crippen LogP contribution is -2.14. The van der Waals surface area contributed by atoms with Crippen LogP contribution in [0.3, 0.4) is 0 Å². The third-order valence-corrected chi connectivity index (χ3v) is 3.25. The highest BCUT2D eigenvalue weighted by Crippen LogP contribution is 2.15. The Bertz CT molecular complexity index is 545. The van der Waals surface area contributed by atoms with Crippen LogP contribution in [0.1, 0.15) is 30.9 Å². The molecule has 22 heavy (non-hydrogen) atoms. The highest BCUT2D eigenvalue weighted by molar-refractivity contribution is 5.85. The Labute approximate surface area is 138 Å². The maximum atomic E-state index is 12.8. The van der Waals surface area contributed by atoms with Gasteiger partial charge in [0.2, 0.25) is 0 Å². The molecule has 0 heterocycles. The van der Waals surface area contributed by atoms with E-state index in [1.807, 2.05) is 18.2 Å². The maximum absolute atomic E-state index is 12.8. The van der Waals surface area contributed by atoms with Gasteiger partial charge in [-0.15, -0.1) is 12.4 Å². The second-order valence-electron chi connectivity index (χ2n) is 5.09. The Hall–Kier alpha value is -1.58. The summed E-state index contributed by atoms with van der Waals surface area (Å²) in [4.78, 5) is 0. The lowest BCUT2D eigenvalue weighted by Gasteiger charge is -2.09. The number of unbranched alkanes of at least 4 members (excludes halogenated alkanes) is 1. The first-order valence-electron chi connectivity index (χ1n) is 7.45. The van der Waals surface area contributed by atoms with E-state index >= 15 is 0 Å². The predicted octanol–water partition coefficient (Wildman–Crippen LogP) is 4.72. The topological polar surface area (TPSA) is 21.3 Å². The quantitative estimate of drug-likeness (QED) is 0.710.